The van der Waals surface area contributed by atoms with Gasteiger partial charge in [0.2, 0.25) is 0 Å². The van der Waals surface area contributed by atoms with E-state index in [1.54, 1.807) is 6.20 Å². The number of rotatable bonds is 3. The summed E-state index contributed by atoms with van der Waals surface area (Å²) in [6.07, 6.45) is 1.21. The van der Waals surface area contributed by atoms with E-state index >= 15 is 0 Å². The number of amides is 1. The lowest BCUT2D eigenvalue weighted by atomic mass is 10.2. The van der Waals surface area contributed by atoms with Crippen LogP contribution in [0.2, 0.25) is 0 Å². The summed E-state index contributed by atoms with van der Waals surface area (Å²) in [7, 11) is 0. The van der Waals surface area contributed by atoms with Crippen molar-refractivity contribution in [2.75, 3.05) is 6.54 Å². The van der Waals surface area contributed by atoms with E-state index in [0.717, 1.165) is 5.01 Å². The first-order chi connectivity index (χ1) is 7.42. The molecular weight excluding hydrogens is 226 g/mol. The van der Waals surface area contributed by atoms with Gasteiger partial charge < -0.3 is 15.8 Å². The Hall–Kier alpha value is -1.14. The molecule has 1 rings (SSSR count). The van der Waals surface area contributed by atoms with Gasteiger partial charge in [0.15, 0.2) is 0 Å². The molecule has 16 heavy (non-hydrogen) atoms. The third kappa shape index (κ3) is 4.16. The van der Waals surface area contributed by atoms with Crippen molar-refractivity contribution in [1.29, 1.82) is 0 Å². The second-order valence-corrected chi connectivity index (χ2v) is 5.23. The minimum atomic E-state index is -0.508. The fourth-order valence-electron chi connectivity index (χ4n) is 1.08. The molecule has 0 saturated carbocycles. The van der Waals surface area contributed by atoms with Crippen molar-refractivity contribution in [3.05, 3.63) is 16.6 Å². The molecule has 0 bridgehead atoms. The molecule has 1 unspecified atom stereocenters. The van der Waals surface area contributed by atoms with E-state index in [0.29, 0.717) is 6.54 Å². The first-order valence-corrected chi connectivity index (χ1v) is 5.89. The predicted octanol–water partition coefficient (Wildman–Crippen LogP) is 1.67. The number of carbonyl (C=O) groups is 1. The summed E-state index contributed by atoms with van der Waals surface area (Å²) in [4.78, 5) is 15.6. The third-order valence-electron chi connectivity index (χ3n) is 1.68. The normalized spacial score (nSPS) is 13.2. The highest BCUT2D eigenvalue weighted by atomic mass is 32.1. The fraction of sp³-hybridized carbons (Fsp3) is 0.600. The molecule has 0 aliphatic carbocycles. The van der Waals surface area contributed by atoms with Crippen LogP contribution in [0.15, 0.2) is 11.6 Å². The number of carbonyl (C=O) groups excluding carboxylic acids is 1. The average Bonchev–Trinajstić information content (AvgIpc) is 2.63. The van der Waals surface area contributed by atoms with Crippen molar-refractivity contribution in [3.63, 3.8) is 0 Å². The van der Waals surface area contributed by atoms with Gasteiger partial charge in [-0.25, -0.2) is 9.78 Å². The number of hydrogen-bond acceptors (Lipinski definition) is 5. The van der Waals surface area contributed by atoms with Gasteiger partial charge in [0, 0.05) is 18.1 Å². The molecule has 1 amide bonds. The predicted molar refractivity (Wildman–Crippen MR) is 63.3 cm³/mol. The second kappa shape index (κ2) is 5.27. The number of hydrogen-bond donors (Lipinski definition) is 2. The van der Waals surface area contributed by atoms with Crippen LogP contribution in [0.1, 0.15) is 31.8 Å². The number of nitrogens with zero attached hydrogens (tertiary/aromatic N) is 1. The van der Waals surface area contributed by atoms with Crippen molar-refractivity contribution in [2.24, 2.45) is 5.73 Å². The summed E-state index contributed by atoms with van der Waals surface area (Å²) in [6.45, 7) is 5.74. The molecule has 0 radical (unpaired) electrons. The summed E-state index contributed by atoms with van der Waals surface area (Å²) in [5, 5.41) is 5.31. The van der Waals surface area contributed by atoms with Gasteiger partial charge in [0.05, 0.1) is 6.04 Å². The van der Waals surface area contributed by atoms with Crippen LogP contribution in [-0.2, 0) is 4.74 Å². The third-order valence-corrected chi connectivity index (χ3v) is 2.57. The largest absolute Gasteiger partial charge is 0.444 e. The number of alkyl carbamates (subject to hydrolysis) is 1. The average molecular weight is 243 g/mol. The smallest absolute Gasteiger partial charge is 0.408 e. The van der Waals surface area contributed by atoms with E-state index in [4.69, 9.17) is 10.5 Å². The monoisotopic (exact) mass is 243 g/mol. The SMILES string of the molecule is CC(C)(C)OC(=O)NC(CN)c1nccs1. The van der Waals surface area contributed by atoms with Crippen LogP contribution < -0.4 is 11.1 Å². The molecule has 90 valence electrons. The Morgan fingerprint density at radius 2 is 2.38 bits per heavy atom. The first-order valence-electron chi connectivity index (χ1n) is 5.01. The van der Waals surface area contributed by atoms with Gasteiger partial charge in [-0.3, -0.25) is 0 Å². The standard InChI is InChI=1S/C10H17N3O2S/c1-10(2,3)15-9(14)13-7(6-11)8-12-4-5-16-8/h4-5,7H,6,11H2,1-3H3,(H,13,14). The van der Waals surface area contributed by atoms with E-state index in [-0.39, 0.29) is 6.04 Å². The Bertz CT molecular complexity index is 332. The molecule has 1 aromatic heterocycles. The lowest BCUT2D eigenvalue weighted by Gasteiger charge is -2.22. The number of ether oxygens (including phenoxy) is 1. The van der Waals surface area contributed by atoms with E-state index in [9.17, 15) is 4.79 Å². The Labute approximate surface area is 99.0 Å². The molecule has 0 aliphatic rings. The topological polar surface area (TPSA) is 77.2 Å². The van der Waals surface area contributed by atoms with Crippen LogP contribution in [0, 0.1) is 0 Å². The van der Waals surface area contributed by atoms with Gasteiger partial charge in [0.25, 0.3) is 0 Å². The zero-order valence-corrected chi connectivity index (χ0v) is 10.5. The molecule has 0 aliphatic heterocycles. The lowest BCUT2D eigenvalue weighted by Crippen LogP contribution is -2.37. The summed E-state index contributed by atoms with van der Waals surface area (Å²) in [5.41, 5.74) is 5.06. The van der Waals surface area contributed by atoms with E-state index in [1.165, 1.54) is 11.3 Å². The number of nitrogens with two attached hydrogens (primary N) is 1. The molecule has 1 atom stereocenters. The Kier molecular flexibility index (Phi) is 4.26. The molecule has 0 saturated heterocycles. The Morgan fingerprint density at radius 3 is 2.81 bits per heavy atom. The quantitative estimate of drug-likeness (QED) is 0.846. The van der Waals surface area contributed by atoms with Crippen molar-refractivity contribution in [2.45, 2.75) is 32.4 Å². The van der Waals surface area contributed by atoms with Crippen molar-refractivity contribution >= 4 is 17.4 Å². The van der Waals surface area contributed by atoms with Gasteiger partial charge in [-0.2, -0.15) is 0 Å². The summed E-state index contributed by atoms with van der Waals surface area (Å²) >= 11 is 1.45. The fourth-order valence-corrected chi connectivity index (χ4v) is 1.78. The van der Waals surface area contributed by atoms with E-state index < -0.39 is 11.7 Å². The van der Waals surface area contributed by atoms with Crippen LogP contribution >= 0.6 is 11.3 Å². The molecule has 0 spiro atoms. The lowest BCUT2D eigenvalue weighted by molar-refractivity contribution is 0.0505. The van der Waals surface area contributed by atoms with Crippen LogP contribution in [0.5, 0.6) is 0 Å². The van der Waals surface area contributed by atoms with Crippen molar-refractivity contribution in [1.82, 2.24) is 10.3 Å². The van der Waals surface area contributed by atoms with Crippen LogP contribution in [-0.4, -0.2) is 23.2 Å². The molecule has 0 aromatic carbocycles. The minimum absolute atomic E-state index is 0.283. The highest BCUT2D eigenvalue weighted by molar-refractivity contribution is 7.09. The molecule has 6 heteroatoms. The molecule has 5 nitrogen and oxygen atoms in total. The summed E-state index contributed by atoms with van der Waals surface area (Å²) < 4.78 is 5.14. The van der Waals surface area contributed by atoms with Gasteiger partial charge in [-0.15, -0.1) is 11.3 Å². The van der Waals surface area contributed by atoms with Crippen LogP contribution in [0.3, 0.4) is 0 Å². The maximum atomic E-state index is 11.5. The number of nitrogens with one attached hydrogen (secondary N) is 1. The Balaban J connectivity index is 2.55. The maximum Gasteiger partial charge on any atom is 0.408 e. The first kappa shape index (κ1) is 12.9. The highest BCUT2D eigenvalue weighted by Gasteiger charge is 2.20. The van der Waals surface area contributed by atoms with Gasteiger partial charge in [-0.1, -0.05) is 0 Å². The summed E-state index contributed by atoms with van der Waals surface area (Å²) in [6, 6.07) is -0.283. The second-order valence-electron chi connectivity index (χ2n) is 4.30. The van der Waals surface area contributed by atoms with Crippen molar-refractivity contribution < 1.29 is 9.53 Å². The summed E-state index contributed by atoms with van der Waals surface area (Å²) in [5.74, 6) is 0. The van der Waals surface area contributed by atoms with Gasteiger partial charge in [0.1, 0.15) is 10.6 Å². The van der Waals surface area contributed by atoms with Crippen molar-refractivity contribution in [3.8, 4) is 0 Å². The zero-order valence-electron chi connectivity index (χ0n) is 9.69. The van der Waals surface area contributed by atoms with Crippen LogP contribution in [0.25, 0.3) is 0 Å². The highest BCUT2D eigenvalue weighted by Crippen LogP contribution is 2.15. The number of thiazole rings is 1. The van der Waals surface area contributed by atoms with E-state index in [2.05, 4.69) is 10.3 Å². The molecule has 1 aromatic rings. The van der Waals surface area contributed by atoms with E-state index in [1.807, 2.05) is 26.2 Å². The Morgan fingerprint density at radius 1 is 1.69 bits per heavy atom. The molecule has 0 fully saturated rings. The zero-order chi connectivity index (χ0) is 12.2. The van der Waals surface area contributed by atoms with Crippen LogP contribution in [0.4, 0.5) is 4.79 Å². The molecule has 1 heterocycles. The molecule has 3 N–H and O–H groups in total. The minimum Gasteiger partial charge on any atom is -0.444 e. The molecular formula is C10H17N3O2S. The maximum absolute atomic E-state index is 11.5. The van der Waals surface area contributed by atoms with Gasteiger partial charge in [-0.05, 0) is 20.8 Å². The van der Waals surface area contributed by atoms with Gasteiger partial charge >= 0.3 is 6.09 Å². The number of aromatic nitrogens is 1.